The molecule has 3 rings (SSSR count). The molecule has 6 nitrogen and oxygen atoms in total. The summed E-state index contributed by atoms with van der Waals surface area (Å²) >= 11 is 0. The summed E-state index contributed by atoms with van der Waals surface area (Å²) in [7, 11) is 1.61. The van der Waals surface area contributed by atoms with Crippen LogP contribution >= 0.6 is 0 Å². The molecule has 0 aromatic heterocycles. The highest BCUT2D eigenvalue weighted by atomic mass is 16.5. The Morgan fingerprint density at radius 3 is 2.62 bits per heavy atom. The summed E-state index contributed by atoms with van der Waals surface area (Å²) in [4.78, 5) is 12.9. The van der Waals surface area contributed by atoms with Gasteiger partial charge in [-0.2, -0.15) is 0 Å². The minimum Gasteiger partial charge on any atom is -0.493 e. The number of morpholine rings is 1. The van der Waals surface area contributed by atoms with E-state index in [1.807, 2.05) is 48.5 Å². The number of methoxy groups -OCH3 is 1. The maximum atomic E-state index is 10.7. The maximum absolute atomic E-state index is 10.7. The van der Waals surface area contributed by atoms with E-state index >= 15 is 0 Å². The third kappa shape index (κ3) is 4.74. The fourth-order valence-electron chi connectivity index (χ4n) is 2.94. The van der Waals surface area contributed by atoms with Crippen LogP contribution in [0.3, 0.4) is 0 Å². The Labute approximate surface area is 152 Å². The van der Waals surface area contributed by atoms with E-state index < -0.39 is 5.97 Å². The van der Waals surface area contributed by atoms with Gasteiger partial charge in [-0.05, 0) is 29.8 Å². The van der Waals surface area contributed by atoms with Crippen molar-refractivity contribution in [2.24, 2.45) is 0 Å². The number of hydrogen-bond acceptors (Lipinski definition) is 5. The van der Waals surface area contributed by atoms with Crippen LogP contribution in [-0.4, -0.2) is 49.3 Å². The summed E-state index contributed by atoms with van der Waals surface area (Å²) < 4.78 is 17.0. The van der Waals surface area contributed by atoms with Crippen molar-refractivity contribution in [2.75, 3.05) is 33.4 Å². The lowest BCUT2D eigenvalue weighted by Crippen LogP contribution is -2.39. The first kappa shape index (κ1) is 18.2. The molecule has 1 aliphatic heterocycles. The van der Waals surface area contributed by atoms with Gasteiger partial charge in [0.2, 0.25) is 0 Å². The fraction of sp³-hybridized carbons (Fsp3) is 0.350. The summed E-state index contributed by atoms with van der Waals surface area (Å²) in [5, 5.41) is 8.84. The van der Waals surface area contributed by atoms with E-state index in [0.717, 1.165) is 17.9 Å². The third-order valence-corrected chi connectivity index (χ3v) is 4.34. The van der Waals surface area contributed by atoms with Gasteiger partial charge in [-0.15, -0.1) is 0 Å². The van der Waals surface area contributed by atoms with Crippen LogP contribution in [0, 0.1) is 0 Å². The van der Waals surface area contributed by atoms with Crippen LogP contribution in [0.4, 0.5) is 0 Å². The normalized spacial score (nSPS) is 17.7. The van der Waals surface area contributed by atoms with E-state index in [4.69, 9.17) is 19.3 Å². The van der Waals surface area contributed by atoms with Crippen molar-refractivity contribution in [3.63, 3.8) is 0 Å². The molecule has 138 valence electrons. The fourth-order valence-corrected chi connectivity index (χ4v) is 2.94. The van der Waals surface area contributed by atoms with Gasteiger partial charge in [0, 0.05) is 19.6 Å². The van der Waals surface area contributed by atoms with Crippen LogP contribution in [0.5, 0.6) is 17.2 Å². The number of carboxylic acids is 1. The van der Waals surface area contributed by atoms with Gasteiger partial charge in [-0.25, -0.2) is 0 Å². The van der Waals surface area contributed by atoms with E-state index in [2.05, 4.69) is 4.90 Å². The average Bonchev–Trinajstić information content (AvgIpc) is 2.67. The molecule has 1 atom stereocenters. The number of rotatable bonds is 7. The van der Waals surface area contributed by atoms with Crippen molar-refractivity contribution in [3.05, 3.63) is 54.1 Å². The molecular weight excluding hydrogens is 334 g/mol. The number of benzene rings is 2. The van der Waals surface area contributed by atoms with Gasteiger partial charge < -0.3 is 19.3 Å². The molecule has 1 aliphatic rings. The van der Waals surface area contributed by atoms with E-state index in [0.29, 0.717) is 31.2 Å². The minimum absolute atomic E-state index is 0.0575. The molecule has 26 heavy (non-hydrogen) atoms. The zero-order chi connectivity index (χ0) is 18.4. The Hall–Kier alpha value is -2.57. The molecule has 1 saturated heterocycles. The number of hydrogen-bond donors (Lipinski definition) is 1. The number of carbonyl (C=O) groups is 1. The first-order valence-corrected chi connectivity index (χ1v) is 8.62. The monoisotopic (exact) mass is 357 g/mol. The third-order valence-electron chi connectivity index (χ3n) is 4.34. The Kier molecular flexibility index (Phi) is 6.09. The quantitative estimate of drug-likeness (QED) is 0.820. The van der Waals surface area contributed by atoms with Gasteiger partial charge in [0.25, 0.3) is 0 Å². The van der Waals surface area contributed by atoms with Gasteiger partial charge in [0.05, 0.1) is 26.2 Å². The number of nitrogens with zero attached hydrogens (tertiary/aromatic N) is 1. The molecule has 0 bridgehead atoms. The topological polar surface area (TPSA) is 68.2 Å². The second kappa shape index (κ2) is 8.69. The van der Waals surface area contributed by atoms with Crippen molar-refractivity contribution < 1.29 is 24.1 Å². The maximum Gasteiger partial charge on any atom is 0.304 e. The number of ether oxygens (including phenoxy) is 3. The molecule has 0 radical (unpaired) electrons. The van der Waals surface area contributed by atoms with Crippen molar-refractivity contribution >= 4 is 5.97 Å². The molecule has 0 spiro atoms. The summed E-state index contributed by atoms with van der Waals surface area (Å²) in [5.41, 5.74) is 1.05. The van der Waals surface area contributed by atoms with E-state index in [9.17, 15) is 4.79 Å². The molecule has 0 saturated carbocycles. The van der Waals surface area contributed by atoms with Crippen molar-refractivity contribution in [3.8, 4) is 17.2 Å². The summed E-state index contributed by atoms with van der Waals surface area (Å²) in [6, 6.07) is 15.3. The Bertz CT molecular complexity index is 731. The van der Waals surface area contributed by atoms with Gasteiger partial charge in [0.1, 0.15) is 5.75 Å². The van der Waals surface area contributed by atoms with E-state index in [1.54, 1.807) is 7.11 Å². The lowest BCUT2D eigenvalue weighted by molar-refractivity contribution is -0.137. The lowest BCUT2D eigenvalue weighted by Gasteiger charge is -2.32. The van der Waals surface area contributed by atoms with Crippen LogP contribution in [0.25, 0.3) is 0 Å². The predicted octanol–water partition coefficient (Wildman–Crippen LogP) is 3.34. The Balaban J connectivity index is 1.62. The second-order valence-electron chi connectivity index (χ2n) is 6.13. The standard InChI is InChI=1S/C20H23NO5/c1-24-17-4-2-3-5-18(17)26-16-8-6-15(7-9-16)19-14-21(12-13-25-19)11-10-20(22)23/h2-9,19H,10-14H2,1H3,(H,22,23). The predicted molar refractivity (Wildman–Crippen MR) is 96.9 cm³/mol. The van der Waals surface area contributed by atoms with Crippen molar-refractivity contribution in [1.82, 2.24) is 4.90 Å². The van der Waals surface area contributed by atoms with E-state index in [1.165, 1.54) is 0 Å². The van der Waals surface area contributed by atoms with Crippen LogP contribution in [0.15, 0.2) is 48.5 Å². The number of para-hydroxylation sites is 2. The van der Waals surface area contributed by atoms with Crippen LogP contribution < -0.4 is 9.47 Å². The number of aliphatic carboxylic acids is 1. The number of carboxylic acid groups (broad SMARTS) is 1. The van der Waals surface area contributed by atoms with Crippen molar-refractivity contribution in [2.45, 2.75) is 12.5 Å². The zero-order valence-corrected chi connectivity index (χ0v) is 14.8. The molecule has 2 aromatic carbocycles. The van der Waals surface area contributed by atoms with Gasteiger partial charge in [0.15, 0.2) is 11.5 Å². The average molecular weight is 357 g/mol. The van der Waals surface area contributed by atoms with Crippen LogP contribution in [0.2, 0.25) is 0 Å². The summed E-state index contributed by atoms with van der Waals surface area (Å²) in [5.74, 6) is 1.29. The van der Waals surface area contributed by atoms with Crippen molar-refractivity contribution in [1.29, 1.82) is 0 Å². The molecule has 6 heteroatoms. The molecule has 2 aromatic rings. The summed E-state index contributed by atoms with van der Waals surface area (Å²) in [6.45, 7) is 2.60. The van der Waals surface area contributed by atoms with Crippen LogP contribution in [0.1, 0.15) is 18.1 Å². The smallest absolute Gasteiger partial charge is 0.304 e. The molecular formula is C20H23NO5. The molecule has 1 unspecified atom stereocenters. The first-order chi connectivity index (χ1) is 12.7. The summed E-state index contributed by atoms with van der Waals surface area (Å²) in [6.07, 6.45) is 0.0937. The molecule has 0 amide bonds. The molecule has 1 heterocycles. The molecule has 1 fully saturated rings. The lowest BCUT2D eigenvalue weighted by atomic mass is 10.1. The highest BCUT2D eigenvalue weighted by molar-refractivity contribution is 5.66. The highest BCUT2D eigenvalue weighted by Crippen LogP contribution is 2.32. The Morgan fingerprint density at radius 2 is 1.92 bits per heavy atom. The van der Waals surface area contributed by atoms with Crippen LogP contribution in [-0.2, 0) is 9.53 Å². The molecule has 0 aliphatic carbocycles. The van der Waals surface area contributed by atoms with E-state index in [-0.39, 0.29) is 12.5 Å². The zero-order valence-electron chi connectivity index (χ0n) is 14.8. The largest absolute Gasteiger partial charge is 0.493 e. The van der Waals surface area contributed by atoms with Gasteiger partial charge >= 0.3 is 5.97 Å². The minimum atomic E-state index is -0.772. The Morgan fingerprint density at radius 1 is 1.19 bits per heavy atom. The van der Waals surface area contributed by atoms with Gasteiger partial charge in [-0.3, -0.25) is 9.69 Å². The second-order valence-corrected chi connectivity index (χ2v) is 6.13. The highest BCUT2D eigenvalue weighted by Gasteiger charge is 2.22. The molecule has 1 N–H and O–H groups in total. The SMILES string of the molecule is COc1ccccc1Oc1ccc(C2CN(CCC(=O)O)CCO2)cc1. The van der Waals surface area contributed by atoms with Gasteiger partial charge in [-0.1, -0.05) is 24.3 Å². The first-order valence-electron chi connectivity index (χ1n) is 8.62.